The first kappa shape index (κ1) is 23.5. The van der Waals surface area contributed by atoms with E-state index in [1.54, 1.807) is 23.1 Å². The van der Waals surface area contributed by atoms with Gasteiger partial charge in [-0.2, -0.15) is 0 Å². The third kappa shape index (κ3) is 4.50. The number of hydrogen-bond donors (Lipinski definition) is 0. The van der Waals surface area contributed by atoms with Gasteiger partial charge in [0, 0.05) is 42.2 Å². The lowest BCUT2D eigenvalue weighted by molar-refractivity contribution is -0.119. The molecule has 0 atom stereocenters. The predicted octanol–water partition coefficient (Wildman–Crippen LogP) is 5.62. The number of fused-ring (bicyclic) bond motifs is 3. The number of rotatable bonds is 6. The highest BCUT2D eigenvalue weighted by molar-refractivity contribution is 7.98. The number of carbonyl (C=O) groups is 1. The van der Waals surface area contributed by atoms with Gasteiger partial charge in [0.15, 0.2) is 5.13 Å². The first-order valence-electron chi connectivity index (χ1n) is 12.1. The average molecular weight is 518 g/mol. The second kappa shape index (κ2) is 10.2. The highest BCUT2D eigenvalue weighted by Gasteiger charge is 2.36. The molecule has 0 aliphatic carbocycles. The minimum absolute atomic E-state index is 0.0237. The summed E-state index contributed by atoms with van der Waals surface area (Å²) in [5.74, 6) is 1.04. The molecule has 0 unspecified atom stereocenters. The van der Waals surface area contributed by atoms with Gasteiger partial charge in [0.2, 0.25) is 5.91 Å². The molecule has 8 heteroatoms. The lowest BCUT2D eigenvalue weighted by Gasteiger charge is -2.33. The summed E-state index contributed by atoms with van der Waals surface area (Å²) in [5.41, 5.74) is 2.71. The Balaban J connectivity index is 1.40. The number of hydrogen-bond acceptors (Lipinski definition) is 7. The number of thioether (sulfide) groups is 1. The van der Waals surface area contributed by atoms with E-state index in [0.717, 1.165) is 70.8 Å². The van der Waals surface area contributed by atoms with Crippen LogP contribution in [0.5, 0.6) is 11.5 Å². The molecule has 0 bridgehead atoms. The van der Waals surface area contributed by atoms with Gasteiger partial charge in [0.25, 0.3) is 0 Å². The molecule has 4 aromatic rings. The van der Waals surface area contributed by atoms with Crippen LogP contribution in [0, 0.1) is 0 Å². The molecular weight excluding hydrogens is 490 g/mol. The molecule has 3 aromatic carbocycles. The van der Waals surface area contributed by atoms with E-state index >= 15 is 0 Å². The van der Waals surface area contributed by atoms with Crippen LogP contribution in [-0.2, 0) is 9.53 Å². The van der Waals surface area contributed by atoms with Crippen LogP contribution in [-0.4, -0.2) is 61.4 Å². The summed E-state index contributed by atoms with van der Waals surface area (Å²) in [7, 11) is 0. The summed E-state index contributed by atoms with van der Waals surface area (Å²) in [6, 6.07) is 22.0. The number of carbonyl (C=O) groups excluding carboxylic acids is 1. The maximum Gasteiger partial charge on any atom is 0.241 e. The van der Waals surface area contributed by atoms with Gasteiger partial charge in [0.1, 0.15) is 11.5 Å². The number of aromatic nitrogens is 1. The van der Waals surface area contributed by atoms with Gasteiger partial charge in [-0.3, -0.25) is 14.6 Å². The van der Waals surface area contributed by atoms with Crippen molar-refractivity contribution in [2.24, 2.45) is 0 Å². The maximum absolute atomic E-state index is 14.5. The Morgan fingerprint density at radius 2 is 1.75 bits per heavy atom. The number of thiazole rings is 1. The zero-order chi connectivity index (χ0) is 24.5. The molecule has 0 spiro atoms. The van der Waals surface area contributed by atoms with E-state index in [1.807, 2.05) is 59.5 Å². The minimum Gasteiger partial charge on any atom is -0.457 e. The molecule has 0 N–H and O–H groups in total. The topological polar surface area (TPSA) is 54.9 Å². The normalized spacial score (nSPS) is 15.8. The fourth-order valence-corrected chi connectivity index (χ4v) is 6.38. The fraction of sp³-hybridized carbons (Fsp3) is 0.286. The van der Waals surface area contributed by atoms with Gasteiger partial charge in [-0.15, -0.1) is 11.8 Å². The number of amides is 1. The van der Waals surface area contributed by atoms with Crippen LogP contribution < -0.4 is 9.64 Å². The van der Waals surface area contributed by atoms with E-state index in [0.29, 0.717) is 6.54 Å². The molecule has 0 radical (unpaired) electrons. The Bertz CT molecular complexity index is 1350. The maximum atomic E-state index is 14.5. The standard InChI is InChI=1S/C28H27N3O3S2/c1-35-19-10-11-22-25(18-19)36-28(29-22)31(13-12-30-14-16-33-17-15-30)27(32)26-20-6-2-4-8-23(20)34-24-9-5-3-7-21(24)26/h2-11,18,26H,12-17H2,1H3. The largest absolute Gasteiger partial charge is 0.457 e. The van der Waals surface area contributed by atoms with Crippen LogP contribution >= 0.6 is 23.1 Å². The number of nitrogens with zero attached hydrogens (tertiary/aromatic N) is 3. The second-order valence-corrected chi connectivity index (χ2v) is 10.8. The Labute approximate surface area is 218 Å². The predicted molar refractivity (Wildman–Crippen MR) is 146 cm³/mol. The van der Waals surface area contributed by atoms with Crippen molar-refractivity contribution in [1.82, 2.24) is 9.88 Å². The molecule has 1 fully saturated rings. The Morgan fingerprint density at radius 1 is 1.06 bits per heavy atom. The van der Waals surface area contributed by atoms with Crippen molar-refractivity contribution in [2.75, 3.05) is 50.5 Å². The third-order valence-corrected chi connectivity index (χ3v) is 8.52. The number of anilines is 1. The van der Waals surface area contributed by atoms with Crippen LogP contribution in [0.25, 0.3) is 10.2 Å². The number of para-hydroxylation sites is 2. The molecule has 3 heterocycles. The summed E-state index contributed by atoms with van der Waals surface area (Å²) in [6.07, 6.45) is 2.07. The summed E-state index contributed by atoms with van der Waals surface area (Å²) < 4.78 is 12.8. The molecule has 2 aliphatic heterocycles. The molecule has 1 aromatic heterocycles. The van der Waals surface area contributed by atoms with Crippen LogP contribution in [0.1, 0.15) is 17.0 Å². The van der Waals surface area contributed by atoms with Gasteiger partial charge < -0.3 is 9.47 Å². The monoisotopic (exact) mass is 517 g/mol. The SMILES string of the molecule is CSc1ccc2nc(N(CCN3CCOCC3)C(=O)C3c4ccccc4Oc4ccccc43)sc2c1. The second-order valence-electron chi connectivity index (χ2n) is 8.88. The van der Waals surface area contributed by atoms with E-state index in [-0.39, 0.29) is 5.91 Å². The van der Waals surface area contributed by atoms with Crippen LogP contribution in [0.2, 0.25) is 0 Å². The van der Waals surface area contributed by atoms with E-state index in [4.69, 9.17) is 14.5 Å². The lowest BCUT2D eigenvalue weighted by atomic mass is 9.87. The molecule has 2 aliphatic rings. The van der Waals surface area contributed by atoms with Crippen molar-refractivity contribution in [3.8, 4) is 11.5 Å². The van der Waals surface area contributed by atoms with E-state index in [1.165, 1.54) is 4.90 Å². The summed E-state index contributed by atoms with van der Waals surface area (Å²) in [4.78, 5) is 24.8. The van der Waals surface area contributed by atoms with Crippen molar-refractivity contribution in [3.63, 3.8) is 0 Å². The van der Waals surface area contributed by atoms with Gasteiger partial charge in [0.05, 0.1) is 29.3 Å². The molecule has 184 valence electrons. The van der Waals surface area contributed by atoms with E-state index in [2.05, 4.69) is 23.3 Å². The van der Waals surface area contributed by atoms with Crippen LogP contribution in [0.15, 0.2) is 71.6 Å². The van der Waals surface area contributed by atoms with Crippen molar-refractivity contribution < 1.29 is 14.3 Å². The molecule has 1 amide bonds. The molecular formula is C28H27N3O3S2. The average Bonchev–Trinajstić information content (AvgIpc) is 3.35. The summed E-state index contributed by atoms with van der Waals surface area (Å²) in [5, 5.41) is 0.739. The molecule has 6 rings (SSSR count). The Hall–Kier alpha value is -2.91. The highest BCUT2D eigenvalue weighted by atomic mass is 32.2. The van der Waals surface area contributed by atoms with Gasteiger partial charge in [-0.05, 0) is 36.6 Å². The van der Waals surface area contributed by atoms with Gasteiger partial charge in [-0.25, -0.2) is 4.98 Å². The van der Waals surface area contributed by atoms with Crippen molar-refractivity contribution >= 4 is 44.4 Å². The fourth-order valence-electron chi connectivity index (χ4n) is 4.83. The van der Waals surface area contributed by atoms with Crippen molar-refractivity contribution in [3.05, 3.63) is 77.9 Å². The Morgan fingerprint density at radius 3 is 2.44 bits per heavy atom. The quantitative estimate of drug-likeness (QED) is 0.310. The summed E-state index contributed by atoms with van der Waals surface area (Å²) in [6.45, 7) is 4.55. The minimum atomic E-state index is -0.454. The first-order valence-corrected chi connectivity index (χ1v) is 14.2. The first-order chi connectivity index (χ1) is 17.7. The molecule has 6 nitrogen and oxygen atoms in total. The van der Waals surface area contributed by atoms with E-state index < -0.39 is 5.92 Å². The van der Waals surface area contributed by atoms with Gasteiger partial charge >= 0.3 is 0 Å². The number of benzene rings is 3. The molecule has 0 saturated carbocycles. The number of ether oxygens (including phenoxy) is 2. The van der Waals surface area contributed by atoms with Crippen molar-refractivity contribution in [2.45, 2.75) is 10.8 Å². The van der Waals surface area contributed by atoms with E-state index in [9.17, 15) is 4.79 Å². The molecule has 1 saturated heterocycles. The van der Waals surface area contributed by atoms with Crippen molar-refractivity contribution in [1.29, 1.82) is 0 Å². The number of morpholine rings is 1. The zero-order valence-electron chi connectivity index (χ0n) is 20.1. The van der Waals surface area contributed by atoms with Crippen LogP contribution in [0.3, 0.4) is 0 Å². The third-order valence-electron chi connectivity index (χ3n) is 6.75. The van der Waals surface area contributed by atoms with Crippen LogP contribution in [0.4, 0.5) is 5.13 Å². The Kier molecular flexibility index (Phi) is 6.67. The highest BCUT2D eigenvalue weighted by Crippen LogP contribution is 2.45. The lowest BCUT2D eigenvalue weighted by Crippen LogP contribution is -2.44. The van der Waals surface area contributed by atoms with Gasteiger partial charge in [-0.1, -0.05) is 47.7 Å². The molecule has 36 heavy (non-hydrogen) atoms. The smallest absolute Gasteiger partial charge is 0.241 e. The zero-order valence-corrected chi connectivity index (χ0v) is 21.7. The summed E-state index contributed by atoms with van der Waals surface area (Å²) >= 11 is 3.29.